The van der Waals surface area contributed by atoms with Crippen molar-refractivity contribution in [3.63, 3.8) is 0 Å². The van der Waals surface area contributed by atoms with Gasteiger partial charge in [0.15, 0.2) is 0 Å². The van der Waals surface area contributed by atoms with Crippen molar-refractivity contribution in [1.29, 1.82) is 0 Å². The van der Waals surface area contributed by atoms with Crippen molar-refractivity contribution in [3.05, 3.63) is 35.4 Å². The summed E-state index contributed by atoms with van der Waals surface area (Å²) in [6, 6.07) is 3.92. The number of hydrogen-bond acceptors (Lipinski definition) is 2. The van der Waals surface area contributed by atoms with Crippen LogP contribution in [-0.4, -0.2) is 6.04 Å². The van der Waals surface area contributed by atoms with Crippen LogP contribution in [0.5, 0.6) is 0 Å². The van der Waals surface area contributed by atoms with Gasteiger partial charge in [0.25, 0.3) is 0 Å². The summed E-state index contributed by atoms with van der Waals surface area (Å²) in [7, 11) is 0. The van der Waals surface area contributed by atoms with E-state index in [-0.39, 0.29) is 6.04 Å². The number of nitrogens with one attached hydrogen (secondary N) is 1. The molecule has 0 amide bonds. The van der Waals surface area contributed by atoms with Gasteiger partial charge in [0.2, 0.25) is 0 Å². The third kappa shape index (κ3) is 2.42. The van der Waals surface area contributed by atoms with Crippen LogP contribution in [0.25, 0.3) is 0 Å². The molecule has 0 radical (unpaired) electrons. The molecule has 1 aromatic rings. The first-order valence-corrected chi connectivity index (χ1v) is 4.87. The Labute approximate surface area is 89.8 Å². The van der Waals surface area contributed by atoms with Crippen LogP contribution in [0.1, 0.15) is 12.5 Å². The van der Waals surface area contributed by atoms with Gasteiger partial charge >= 0.3 is 0 Å². The van der Waals surface area contributed by atoms with E-state index in [1.54, 1.807) is 0 Å². The predicted octanol–water partition coefficient (Wildman–Crippen LogP) is 3.22. The van der Waals surface area contributed by atoms with Crippen LogP contribution in [-0.2, 0) is 0 Å². The Bertz CT molecular complexity index is 347. The van der Waals surface area contributed by atoms with Crippen molar-refractivity contribution in [2.75, 3.05) is 11.1 Å². The second-order valence-corrected chi connectivity index (χ2v) is 3.76. The van der Waals surface area contributed by atoms with E-state index < -0.39 is 0 Å². The third-order valence-electron chi connectivity index (χ3n) is 2.08. The van der Waals surface area contributed by atoms with Crippen LogP contribution in [0.2, 0.25) is 5.02 Å². The second-order valence-electron chi connectivity index (χ2n) is 3.36. The van der Waals surface area contributed by atoms with Gasteiger partial charge in [-0.15, -0.1) is 6.58 Å². The predicted molar refractivity (Wildman–Crippen MR) is 63.9 cm³/mol. The fourth-order valence-corrected chi connectivity index (χ4v) is 1.33. The summed E-state index contributed by atoms with van der Waals surface area (Å²) in [4.78, 5) is 0. The summed E-state index contributed by atoms with van der Waals surface area (Å²) in [5.74, 6) is 0. The summed E-state index contributed by atoms with van der Waals surface area (Å²) in [5, 5.41) is 3.85. The minimum atomic E-state index is 0.216. The molecule has 1 rings (SSSR count). The Kier molecular flexibility index (Phi) is 3.42. The molecule has 1 aromatic carbocycles. The summed E-state index contributed by atoms with van der Waals surface area (Å²) < 4.78 is 0. The summed E-state index contributed by atoms with van der Waals surface area (Å²) >= 11 is 5.92. The van der Waals surface area contributed by atoms with Gasteiger partial charge in [-0.05, 0) is 31.5 Å². The molecule has 14 heavy (non-hydrogen) atoms. The lowest BCUT2D eigenvalue weighted by molar-refractivity contribution is 0.998. The van der Waals surface area contributed by atoms with Gasteiger partial charge < -0.3 is 11.1 Å². The molecule has 0 bridgehead atoms. The van der Waals surface area contributed by atoms with Crippen molar-refractivity contribution in [3.8, 4) is 0 Å². The molecule has 0 heterocycles. The zero-order valence-electron chi connectivity index (χ0n) is 8.47. The van der Waals surface area contributed by atoms with Gasteiger partial charge in [-0.25, -0.2) is 0 Å². The number of benzene rings is 1. The molecule has 76 valence electrons. The largest absolute Gasteiger partial charge is 0.398 e. The number of nitrogens with two attached hydrogens (primary N) is 1. The Morgan fingerprint density at radius 2 is 2.21 bits per heavy atom. The highest BCUT2D eigenvalue weighted by atomic mass is 35.5. The van der Waals surface area contributed by atoms with Gasteiger partial charge in [-0.1, -0.05) is 17.7 Å². The number of nitrogen functional groups attached to an aromatic ring is 1. The van der Waals surface area contributed by atoms with E-state index in [4.69, 9.17) is 17.3 Å². The molecule has 2 nitrogen and oxygen atoms in total. The number of rotatable bonds is 3. The maximum Gasteiger partial charge on any atom is 0.0656 e. The first-order valence-electron chi connectivity index (χ1n) is 4.49. The molecule has 0 aliphatic carbocycles. The standard InChI is InChI=1S/C11H15ClN2/c1-4-8(3)14-11-6-9(12)10(13)5-7(11)2/h4-6,8,14H,1,13H2,2-3H3. The number of halogens is 1. The molecule has 1 atom stereocenters. The molecule has 0 aliphatic rings. The minimum absolute atomic E-state index is 0.216. The van der Waals surface area contributed by atoms with Crippen LogP contribution in [0.4, 0.5) is 11.4 Å². The zero-order valence-corrected chi connectivity index (χ0v) is 9.23. The average Bonchev–Trinajstić information content (AvgIpc) is 2.14. The highest BCUT2D eigenvalue weighted by molar-refractivity contribution is 6.33. The van der Waals surface area contributed by atoms with Crippen molar-refractivity contribution in [1.82, 2.24) is 0 Å². The van der Waals surface area contributed by atoms with Gasteiger partial charge in [0.05, 0.1) is 10.7 Å². The third-order valence-corrected chi connectivity index (χ3v) is 2.41. The highest BCUT2D eigenvalue weighted by Gasteiger charge is 2.04. The average molecular weight is 211 g/mol. The first-order chi connectivity index (χ1) is 6.54. The summed E-state index contributed by atoms with van der Waals surface area (Å²) in [6.45, 7) is 7.72. The number of aryl methyl sites for hydroxylation is 1. The van der Waals surface area contributed by atoms with Crippen LogP contribution >= 0.6 is 11.6 Å². The molecule has 0 spiro atoms. The van der Waals surface area contributed by atoms with E-state index in [0.717, 1.165) is 11.3 Å². The topological polar surface area (TPSA) is 38.0 Å². The molecule has 1 unspecified atom stereocenters. The van der Waals surface area contributed by atoms with Gasteiger partial charge in [-0.3, -0.25) is 0 Å². The van der Waals surface area contributed by atoms with E-state index in [9.17, 15) is 0 Å². The quantitative estimate of drug-likeness (QED) is 0.594. The van der Waals surface area contributed by atoms with Gasteiger partial charge in [0.1, 0.15) is 0 Å². The molecule has 0 aromatic heterocycles. The summed E-state index contributed by atoms with van der Waals surface area (Å²) in [6.07, 6.45) is 1.84. The molecule has 0 fully saturated rings. The monoisotopic (exact) mass is 210 g/mol. The maximum atomic E-state index is 5.92. The van der Waals surface area contributed by atoms with E-state index in [2.05, 4.69) is 11.9 Å². The normalized spacial score (nSPS) is 12.2. The Hall–Kier alpha value is -1.15. The Morgan fingerprint density at radius 3 is 2.79 bits per heavy atom. The fourth-order valence-electron chi connectivity index (χ4n) is 1.16. The Morgan fingerprint density at radius 1 is 1.57 bits per heavy atom. The minimum Gasteiger partial charge on any atom is -0.398 e. The zero-order chi connectivity index (χ0) is 10.7. The molecule has 0 saturated heterocycles. The second kappa shape index (κ2) is 4.38. The lowest BCUT2D eigenvalue weighted by atomic mass is 10.1. The summed E-state index contributed by atoms with van der Waals surface area (Å²) in [5.41, 5.74) is 8.37. The SMILES string of the molecule is C=CC(C)Nc1cc(Cl)c(N)cc1C. The molecular weight excluding hydrogens is 196 g/mol. The maximum absolute atomic E-state index is 5.92. The van der Waals surface area contributed by atoms with E-state index >= 15 is 0 Å². The van der Waals surface area contributed by atoms with Crippen LogP contribution in [0.3, 0.4) is 0 Å². The van der Waals surface area contributed by atoms with Crippen LogP contribution in [0.15, 0.2) is 24.8 Å². The van der Waals surface area contributed by atoms with E-state index in [1.165, 1.54) is 0 Å². The van der Waals surface area contributed by atoms with Crippen molar-refractivity contribution >= 4 is 23.0 Å². The van der Waals surface area contributed by atoms with Crippen molar-refractivity contribution in [2.24, 2.45) is 0 Å². The van der Waals surface area contributed by atoms with Gasteiger partial charge in [-0.2, -0.15) is 0 Å². The molecule has 3 heteroatoms. The Balaban J connectivity index is 2.97. The molecule has 3 N–H and O–H groups in total. The molecular formula is C11H15ClN2. The number of anilines is 2. The molecule has 0 saturated carbocycles. The smallest absolute Gasteiger partial charge is 0.0656 e. The van der Waals surface area contributed by atoms with Crippen molar-refractivity contribution in [2.45, 2.75) is 19.9 Å². The fraction of sp³-hybridized carbons (Fsp3) is 0.273. The van der Waals surface area contributed by atoms with Crippen LogP contribution in [0, 0.1) is 6.92 Å². The van der Waals surface area contributed by atoms with E-state index in [1.807, 2.05) is 32.1 Å². The lowest BCUT2D eigenvalue weighted by Crippen LogP contribution is -2.12. The van der Waals surface area contributed by atoms with Crippen molar-refractivity contribution < 1.29 is 0 Å². The van der Waals surface area contributed by atoms with E-state index in [0.29, 0.717) is 10.7 Å². The van der Waals surface area contributed by atoms with Gasteiger partial charge in [0, 0.05) is 11.7 Å². The molecule has 0 aliphatic heterocycles. The van der Waals surface area contributed by atoms with Crippen LogP contribution < -0.4 is 11.1 Å². The highest BCUT2D eigenvalue weighted by Crippen LogP contribution is 2.27. The first kappa shape index (κ1) is 10.9. The lowest BCUT2D eigenvalue weighted by Gasteiger charge is -2.14. The number of hydrogen-bond donors (Lipinski definition) is 2.